The lowest BCUT2D eigenvalue weighted by Gasteiger charge is -2.11. The Morgan fingerprint density at radius 3 is 1.86 bits per heavy atom. The molecule has 116 valence electrons. The van der Waals surface area contributed by atoms with E-state index in [0.29, 0.717) is 0 Å². The molecule has 0 saturated heterocycles. The first-order valence-corrected chi connectivity index (χ1v) is 8.78. The van der Waals surface area contributed by atoms with Gasteiger partial charge in [-0.1, -0.05) is 80.9 Å². The Kier molecular flexibility index (Phi) is 7.59. The van der Waals surface area contributed by atoms with Crippen LogP contribution in [0.2, 0.25) is 0 Å². The summed E-state index contributed by atoms with van der Waals surface area (Å²) in [5, 5.41) is 9.47. The van der Waals surface area contributed by atoms with Crippen molar-refractivity contribution in [1.29, 1.82) is 0 Å². The van der Waals surface area contributed by atoms with Crippen molar-refractivity contribution in [2.24, 2.45) is 0 Å². The third kappa shape index (κ3) is 6.05. The van der Waals surface area contributed by atoms with Crippen LogP contribution in [0.5, 0.6) is 0 Å². The van der Waals surface area contributed by atoms with E-state index in [2.05, 4.69) is 18.2 Å². The molecule has 0 spiro atoms. The normalized spacial score (nSPS) is 18.6. The van der Waals surface area contributed by atoms with Gasteiger partial charge < -0.3 is 5.11 Å². The van der Waals surface area contributed by atoms with E-state index in [4.69, 9.17) is 0 Å². The van der Waals surface area contributed by atoms with Crippen LogP contribution in [0, 0.1) is 0 Å². The molecule has 1 saturated carbocycles. The topological polar surface area (TPSA) is 20.2 Å². The molecule has 0 radical (unpaired) electrons. The Bertz CT molecular complexity index is 419. The van der Waals surface area contributed by atoms with Gasteiger partial charge in [-0.05, 0) is 36.8 Å². The highest BCUT2D eigenvalue weighted by atomic mass is 16.3. The Labute approximate surface area is 130 Å². The van der Waals surface area contributed by atoms with Crippen LogP contribution in [-0.4, -0.2) is 5.11 Å². The van der Waals surface area contributed by atoms with Gasteiger partial charge in [0.25, 0.3) is 0 Å². The van der Waals surface area contributed by atoms with Gasteiger partial charge in [0.05, 0.1) is 6.61 Å². The van der Waals surface area contributed by atoms with Gasteiger partial charge in [0.15, 0.2) is 0 Å². The summed E-state index contributed by atoms with van der Waals surface area (Å²) in [5.74, 6) is 0. The first-order chi connectivity index (χ1) is 10.4. The van der Waals surface area contributed by atoms with Gasteiger partial charge in [-0.3, -0.25) is 0 Å². The molecule has 1 heteroatoms. The van der Waals surface area contributed by atoms with Crippen molar-refractivity contribution in [2.45, 2.75) is 77.2 Å². The summed E-state index contributed by atoms with van der Waals surface area (Å²) in [6, 6.07) is 8.24. The second-order valence-corrected chi connectivity index (χ2v) is 6.34. The van der Waals surface area contributed by atoms with Crippen molar-refractivity contribution in [2.75, 3.05) is 0 Å². The number of hydrogen-bond donors (Lipinski definition) is 1. The van der Waals surface area contributed by atoms with Crippen LogP contribution >= 0.6 is 0 Å². The molecule has 0 unspecified atom stereocenters. The third-order valence-electron chi connectivity index (χ3n) is 4.58. The average molecular weight is 286 g/mol. The fraction of sp³-hybridized carbons (Fsp3) is 0.600. The van der Waals surface area contributed by atoms with Gasteiger partial charge in [-0.25, -0.2) is 0 Å². The maximum atomic E-state index is 9.47. The summed E-state index contributed by atoms with van der Waals surface area (Å²) in [4.78, 5) is 0. The first kappa shape index (κ1) is 16.3. The minimum Gasteiger partial charge on any atom is -0.392 e. The van der Waals surface area contributed by atoms with Crippen molar-refractivity contribution in [1.82, 2.24) is 0 Å². The van der Waals surface area contributed by atoms with E-state index in [-0.39, 0.29) is 6.61 Å². The molecule has 0 bridgehead atoms. The molecule has 0 atom stereocenters. The van der Waals surface area contributed by atoms with Crippen LogP contribution in [-0.2, 0) is 6.61 Å². The smallest absolute Gasteiger partial charge is 0.0687 e. The monoisotopic (exact) mass is 286 g/mol. The molecular weight excluding hydrogens is 256 g/mol. The molecule has 21 heavy (non-hydrogen) atoms. The highest BCUT2D eigenvalue weighted by Gasteiger charge is 2.04. The van der Waals surface area contributed by atoms with Crippen LogP contribution in [0.1, 0.15) is 81.8 Å². The molecule has 0 amide bonds. The second-order valence-electron chi connectivity index (χ2n) is 6.34. The van der Waals surface area contributed by atoms with Crippen molar-refractivity contribution in [3.05, 3.63) is 41.0 Å². The summed E-state index contributed by atoms with van der Waals surface area (Å²) in [6.45, 7) is 0.139. The zero-order chi connectivity index (χ0) is 14.8. The zero-order valence-corrected chi connectivity index (χ0v) is 13.3. The molecule has 1 aliphatic rings. The van der Waals surface area contributed by atoms with E-state index >= 15 is 0 Å². The SMILES string of the molecule is OCc1ccccc1C=C1CCCCCCCCCCC1. The minimum absolute atomic E-state index is 0.139. The van der Waals surface area contributed by atoms with E-state index in [1.807, 2.05) is 12.1 Å². The third-order valence-corrected chi connectivity index (χ3v) is 4.58. The molecule has 2 rings (SSSR count). The quantitative estimate of drug-likeness (QED) is 0.721. The number of rotatable bonds is 2. The van der Waals surface area contributed by atoms with Gasteiger partial charge in [0, 0.05) is 0 Å². The Morgan fingerprint density at radius 1 is 0.762 bits per heavy atom. The highest BCUT2D eigenvalue weighted by molar-refractivity contribution is 5.56. The summed E-state index contributed by atoms with van der Waals surface area (Å²) in [6.07, 6.45) is 17.3. The van der Waals surface area contributed by atoms with Crippen LogP contribution in [0.4, 0.5) is 0 Å². The fourth-order valence-corrected chi connectivity index (χ4v) is 3.25. The number of benzene rings is 1. The largest absolute Gasteiger partial charge is 0.392 e. The van der Waals surface area contributed by atoms with Crippen LogP contribution in [0.25, 0.3) is 6.08 Å². The van der Waals surface area contributed by atoms with Crippen molar-refractivity contribution in [3.63, 3.8) is 0 Å². The van der Waals surface area contributed by atoms with Crippen LogP contribution < -0.4 is 0 Å². The summed E-state index contributed by atoms with van der Waals surface area (Å²) >= 11 is 0. The number of aliphatic hydroxyl groups is 1. The first-order valence-electron chi connectivity index (χ1n) is 8.78. The Balaban J connectivity index is 2.03. The molecule has 1 aromatic rings. The lowest BCUT2D eigenvalue weighted by atomic mass is 9.95. The van der Waals surface area contributed by atoms with E-state index in [9.17, 15) is 5.11 Å². The molecule has 0 aliphatic heterocycles. The van der Waals surface area contributed by atoms with Gasteiger partial charge in [-0.15, -0.1) is 0 Å². The van der Waals surface area contributed by atoms with Gasteiger partial charge in [0.2, 0.25) is 0 Å². The van der Waals surface area contributed by atoms with E-state index in [1.54, 1.807) is 5.57 Å². The fourth-order valence-electron chi connectivity index (χ4n) is 3.25. The molecule has 0 aromatic heterocycles. The van der Waals surface area contributed by atoms with Crippen LogP contribution in [0.15, 0.2) is 29.8 Å². The maximum absolute atomic E-state index is 9.47. The number of allylic oxidation sites excluding steroid dienone is 1. The maximum Gasteiger partial charge on any atom is 0.0687 e. The predicted octanol–water partition coefficient (Wildman–Crippen LogP) is 5.87. The predicted molar refractivity (Wildman–Crippen MR) is 91.1 cm³/mol. The molecule has 1 N–H and O–H groups in total. The van der Waals surface area contributed by atoms with Crippen molar-refractivity contribution >= 4 is 6.08 Å². The summed E-state index contributed by atoms with van der Waals surface area (Å²) in [5.41, 5.74) is 3.84. The molecule has 1 aromatic carbocycles. The zero-order valence-electron chi connectivity index (χ0n) is 13.3. The Morgan fingerprint density at radius 2 is 1.29 bits per heavy atom. The molecular formula is C20H30O. The van der Waals surface area contributed by atoms with Gasteiger partial charge in [-0.2, -0.15) is 0 Å². The van der Waals surface area contributed by atoms with Crippen molar-refractivity contribution < 1.29 is 5.11 Å². The highest BCUT2D eigenvalue weighted by Crippen LogP contribution is 2.23. The Hall–Kier alpha value is -1.08. The van der Waals surface area contributed by atoms with E-state index in [1.165, 1.54) is 76.2 Å². The summed E-state index contributed by atoms with van der Waals surface area (Å²) < 4.78 is 0. The molecule has 0 heterocycles. The van der Waals surface area contributed by atoms with E-state index < -0.39 is 0 Å². The number of hydrogen-bond acceptors (Lipinski definition) is 1. The molecule has 1 fully saturated rings. The van der Waals surface area contributed by atoms with Gasteiger partial charge in [0.1, 0.15) is 0 Å². The standard InChI is InChI=1S/C20H30O/c21-17-20-15-11-10-14-19(20)16-18-12-8-6-4-2-1-3-5-7-9-13-18/h10-11,14-16,21H,1-9,12-13,17H2. The molecule has 1 aliphatic carbocycles. The lowest BCUT2D eigenvalue weighted by molar-refractivity contribution is 0.281. The second kappa shape index (κ2) is 9.78. The van der Waals surface area contributed by atoms with Crippen LogP contribution in [0.3, 0.4) is 0 Å². The van der Waals surface area contributed by atoms with Gasteiger partial charge >= 0.3 is 0 Å². The van der Waals surface area contributed by atoms with E-state index in [0.717, 1.165) is 5.56 Å². The summed E-state index contributed by atoms with van der Waals surface area (Å²) in [7, 11) is 0. The average Bonchev–Trinajstić information content (AvgIpc) is 2.50. The minimum atomic E-state index is 0.139. The molecule has 1 nitrogen and oxygen atoms in total. The number of aliphatic hydroxyl groups excluding tert-OH is 1. The van der Waals surface area contributed by atoms with Crippen molar-refractivity contribution in [3.8, 4) is 0 Å². The lowest BCUT2D eigenvalue weighted by Crippen LogP contribution is -1.92.